The fourth-order valence-electron chi connectivity index (χ4n) is 7.52. The van der Waals surface area contributed by atoms with Crippen molar-refractivity contribution in [1.29, 1.82) is 0 Å². The molecule has 54 heavy (non-hydrogen) atoms. The molecule has 0 fully saturated rings. The molecule has 0 aliphatic heterocycles. The lowest BCUT2D eigenvalue weighted by molar-refractivity contribution is 0.583. The van der Waals surface area contributed by atoms with Gasteiger partial charge in [0.2, 0.25) is 0 Å². The second kappa shape index (κ2) is 13.1. The van der Waals surface area contributed by atoms with Gasteiger partial charge in [-0.15, -0.1) is 0 Å². The van der Waals surface area contributed by atoms with Gasteiger partial charge in [-0.3, -0.25) is 0 Å². The molecule has 0 saturated carbocycles. The van der Waals surface area contributed by atoms with E-state index < -0.39 is 39.4 Å². The van der Waals surface area contributed by atoms with Crippen molar-refractivity contribution in [3.63, 3.8) is 0 Å². The van der Waals surface area contributed by atoms with Crippen LogP contribution in [-0.4, -0.2) is 16.1 Å². The van der Waals surface area contributed by atoms with E-state index in [0.717, 1.165) is 67.2 Å². The van der Waals surface area contributed by atoms with Crippen molar-refractivity contribution in [3.05, 3.63) is 157 Å². The highest BCUT2D eigenvalue weighted by atomic mass is 28.3. The van der Waals surface area contributed by atoms with Crippen LogP contribution in [0.5, 0.6) is 0 Å². The van der Waals surface area contributed by atoms with Crippen molar-refractivity contribution < 1.29 is 17.6 Å². The molecule has 0 radical (unpaired) electrons. The van der Waals surface area contributed by atoms with Gasteiger partial charge in [0.25, 0.3) is 0 Å². The molecule has 8 heteroatoms. The first kappa shape index (κ1) is 35.6. The van der Waals surface area contributed by atoms with Crippen molar-refractivity contribution >= 4 is 93.0 Å². The molecule has 8 rings (SSSR count). The lowest BCUT2D eigenvalue weighted by atomic mass is 9.91. The minimum atomic E-state index is -1.62. The third kappa shape index (κ3) is 6.23. The predicted molar refractivity (Wildman–Crippen MR) is 225 cm³/mol. The Morgan fingerprint density at radius 3 is 1.04 bits per heavy atom. The molecule has 0 aromatic heterocycles. The highest BCUT2D eigenvalue weighted by molar-refractivity contribution is 6.89. The number of hydrogen-bond acceptors (Lipinski definition) is 2. The fraction of sp³-hybridized carbons (Fsp3) is 0.130. The van der Waals surface area contributed by atoms with Crippen molar-refractivity contribution in [1.82, 2.24) is 0 Å². The fourth-order valence-corrected chi connectivity index (χ4v) is 9.86. The van der Waals surface area contributed by atoms with E-state index in [4.69, 9.17) is 0 Å². The normalized spacial score (nSPS) is 12.3. The lowest BCUT2D eigenvalue weighted by Crippen LogP contribution is -2.37. The summed E-state index contributed by atoms with van der Waals surface area (Å²) in [5, 5.41) is 8.18. The summed E-state index contributed by atoms with van der Waals surface area (Å²) in [4.78, 5) is 3.71. The van der Waals surface area contributed by atoms with E-state index >= 15 is 8.78 Å². The Hall–Kier alpha value is -5.45. The van der Waals surface area contributed by atoms with Crippen LogP contribution in [0.3, 0.4) is 0 Å². The standard InChI is InChI=1S/C46H40F4N2Si2/c1-53(2,3)35-17-13-33(14-18-35)51(43-25-11-31(47)27-39(43)49)41-23-9-29-8-22-38-42(24-10-30-7-21-37(41)45(29)46(30)38)52(44-26-12-32(48)28-40(44)50)34-15-19-36(20-16-34)54(4,5)6/h7-28H,1-6H3. The van der Waals surface area contributed by atoms with Gasteiger partial charge in [0.05, 0.1) is 38.9 Å². The van der Waals surface area contributed by atoms with Gasteiger partial charge in [-0.2, -0.15) is 0 Å². The topological polar surface area (TPSA) is 6.48 Å². The molecular weight excluding hydrogens is 713 g/mol. The molecule has 0 atom stereocenters. The van der Waals surface area contributed by atoms with Gasteiger partial charge >= 0.3 is 0 Å². The maximum absolute atomic E-state index is 15.8. The average molecular weight is 753 g/mol. The highest BCUT2D eigenvalue weighted by Gasteiger charge is 2.26. The molecule has 0 saturated heterocycles. The monoisotopic (exact) mass is 752 g/mol. The summed E-state index contributed by atoms with van der Waals surface area (Å²) < 4.78 is 60.2. The number of benzene rings is 8. The predicted octanol–water partition coefficient (Wildman–Crippen LogP) is 13.2. The molecule has 0 aliphatic rings. The summed E-state index contributed by atoms with van der Waals surface area (Å²) >= 11 is 0. The molecule has 0 unspecified atom stereocenters. The Bertz CT molecular complexity index is 2490. The van der Waals surface area contributed by atoms with Crippen molar-refractivity contribution in [3.8, 4) is 0 Å². The van der Waals surface area contributed by atoms with E-state index in [1.807, 2.05) is 58.3 Å². The van der Waals surface area contributed by atoms with E-state index in [1.165, 1.54) is 34.6 Å². The summed E-state index contributed by atoms with van der Waals surface area (Å²) in [5.74, 6) is -2.64. The third-order valence-corrected chi connectivity index (χ3v) is 14.5. The summed E-state index contributed by atoms with van der Waals surface area (Å²) in [7, 11) is -3.25. The largest absolute Gasteiger partial charge is 0.307 e. The van der Waals surface area contributed by atoms with Crippen molar-refractivity contribution in [2.24, 2.45) is 0 Å². The van der Waals surface area contributed by atoms with Crippen LogP contribution >= 0.6 is 0 Å². The van der Waals surface area contributed by atoms with Crippen LogP contribution in [0.4, 0.5) is 51.7 Å². The molecule has 0 spiro atoms. The maximum atomic E-state index is 15.8. The Morgan fingerprint density at radius 1 is 0.370 bits per heavy atom. The van der Waals surface area contributed by atoms with E-state index in [-0.39, 0.29) is 11.4 Å². The molecule has 0 heterocycles. The quantitative estimate of drug-likeness (QED) is 0.0866. The number of rotatable bonds is 8. The first-order valence-corrected chi connectivity index (χ1v) is 25.1. The Morgan fingerprint density at radius 2 is 0.704 bits per heavy atom. The SMILES string of the molecule is C[Si](C)(C)c1ccc(N(c2ccc(F)cc2F)c2ccc3ccc4c(N(c5ccc([Si](C)(C)C)cc5)c5ccc(F)cc5F)ccc5ccc2c3c54)cc1. The Balaban J connectivity index is 1.39. The smallest absolute Gasteiger partial charge is 0.150 e. The molecule has 2 nitrogen and oxygen atoms in total. The maximum Gasteiger partial charge on any atom is 0.150 e. The molecule has 8 aromatic rings. The number of halogens is 4. The van der Waals surface area contributed by atoms with E-state index in [9.17, 15) is 8.78 Å². The molecule has 0 N–H and O–H groups in total. The van der Waals surface area contributed by atoms with Gasteiger partial charge in [-0.05, 0) is 82.2 Å². The van der Waals surface area contributed by atoms with Gasteiger partial charge in [-0.1, -0.05) is 110 Å². The second-order valence-electron chi connectivity index (χ2n) is 16.0. The molecular formula is C46H40F4N2Si2. The van der Waals surface area contributed by atoms with Crippen LogP contribution in [0.2, 0.25) is 39.3 Å². The van der Waals surface area contributed by atoms with Crippen LogP contribution in [0.15, 0.2) is 133 Å². The number of hydrogen-bond donors (Lipinski definition) is 0. The Kier molecular flexibility index (Phi) is 8.66. The zero-order chi connectivity index (χ0) is 38.1. The van der Waals surface area contributed by atoms with Crippen LogP contribution in [0, 0.1) is 23.3 Å². The minimum absolute atomic E-state index is 0.229. The van der Waals surface area contributed by atoms with Gasteiger partial charge in [-0.25, -0.2) is 17.6 Å². The van der Waals surface area contributed by atoms with Gasteiger partial charge in [0, 0.05) is 34.3 Å². The molecule has 270 valence electrons. The number of anilines is 6. The van der Waals surface area contributed by atoms with Crippen LogP contribution in [0.1, 0.15) is 0 Å². The molecule has 8 aromatic carbocycles. The molecule has 0 aliphatic carbocycles. The summed E-state index contributed by atoms with van der Waals surface area (Å²) in [6, 6.07) is 40.1. The lowest BCUT2D eigenvalue weighted by Gasteiger charge is -2.30. The van der Waals surface area contributed by atoms with E-state index in [2.05, 4.69) is 87.8 Å². The minimum Gasteiger partial charge on any atom is -0.307 e. The summed E-state index contributed by atoms with van der Waals surface area (Å²) in [6.07, 6.45) is 0. The van der Waals surface area contributed by atoms with E-state index in [0.29, 0.717) is 0 Å². The first-order valence-electron chi connectivity index (χ1n) is 18.1. The Labute approximate surface area is 315 Å². The number of nitrogens with zero attached hydrogens (tertiary/aromatic N) is 2. The summed E-state index contributed by atoms with van der Waals surface area (Å²) in [5.41, 5.74) is 3.42. The van der Waals surface area contributed by atoms with Gasteiger partial charge in [0.1, 0.15) is 23.3 Å². The first-order chi connectivity index (χ1) is 25.7. The van der Waals surface area contributed by atoms with Crippen molar-refractivity contribution in [2.75, 3.05) is 9.80 Å². The van der Waals surface area contributed by atoms with Gasteiger partial charge in [0.15, 0.2) is 0 Å². The highest BCUT2D eigenvalue weighted by Crippen LogP contribution is 2.48. The van der Waals surface area contributed by atoms with Crippen LogP contribution in [-0.2, 0) is 0 Å². The van der Waals surface area contributed by atoms with E-state index in [1.54, 1.807) is 0 Å². The van der Waals surface area contributed by atoms with Crippen LogP contribution in [0.25, 0.3) is 32.3 Å². The van der Waals surface area contributed by atoms with Gasteiger partial charge < -0.3 is 9.80 Å². The van der Waals surface area contributed by atoms with Crippen molar-refractivity contribution in [2.45, 2.75) is 39.3 Å². The summed E-state index contributed by atoms with van der Waals surface area (Å²) in [6.45, 7) is 13.7. The average Bonchev–Trinajstić information content (AvgIpc) is 3.13. The third-order valence-electron chi connectivity index (χ3n) is 10.4. The molecule has 0 amide bonds. The zero-order valence-electron chi connectivity index (χ0n) is 31.1. The molecule has 0 bridgehead atoms. The second-order valence-corrected chi connectivity index (χ2v) is 26.2. The zero-order valence-corrected chi connectivity index (χ0v) is 33.1. The van der Waals surface area contributed by atoms with Crippen LogP contribution < -0.4 is 20.2 Å².